The number of hydrogen-bond acceptors (Lipinski definition) is 3. The van der Waals surface area contributed by atoms with Gasteiger partial charge in [-0.1, -0.05) is 0 Å². The predicted molar refractivity (Wildman–Crippen MR) is 31.5 cm³/mol. The van der Waals surface area contributed by atoms with Crippen LogP contribution in [0.25, 0.3) is 0 Å². The molecule has 1 aliphatic heterocycles. The van der Waals surface area contributed by atoms with Gasteiger partial charge in [-0.3, -0.25) is 0 Å². The summed E-state index contributed by atoms with van der Waals surface area (Å²) in [6, 6.07) is 0. The standard InChI is InChI=1S/C5H11N3/c1-5(7-8-5)3-2-4-6/h2-4,6H2,1H3. The molecule has 2 N–H and O–H groups in total. The summed E-state index contributed by atoms with van der Waals surface area (Å²) in [4.78, 5) is 0. The first-order valence-corrected chi connectivity index (χ1v) is 2.91. The van der Waals surface area contributed by atoms with Crippen LogP contribution >= 0.6 is 0 Å². The van der Waals surface area contributed by atoms with E-state index in [1.807, 2.05) is 6.92 Å². The number of hydrogen-bond donors (Lipinski definition) is 1. The van der Waals surface area contributed by atoms with Crippen molar-refractivity contribution in [2.24, 2.45) is 16.0 Å². The summed E-state index contributed by atoms with van der Waals surface area (Å²) >= 11 is 0. The van der Waals surface area contributed by atoms with Crippen LogP contribution in [0.15, 0.2) is 10.2 Å². The molecule has 0 fully saturated rings. The average molecular weight is 113 g/mol. The molecule has 0 radical (unpaired) electrons. The first-order valence-electron chi connectivity index (χ1n) is 2.91. The van der Waals surface area contributed by atoms with Crippen molar-refractivity contribution in [2.45, 2.75) is 25.4 Å². The van der Waals surface area contributed by atoms with Gasteiger partial charge in [0.15, 0.2) is 5.66 Å². The van der Waals surface area contributed by atoms with Gasteiger partial charge in [0.1, 0.15) is 0 Å². The normalized spacial score (nSPS) is 21.2. The lowest BCUT2D eigenvalue weighted by atomic mass is 10.1. The molecule has 0 saturated heterocycles. The second-order valence-electron chi connectivity index (χ2n) is 2.31. The maximum Gasteiger partial charge on any atom is 0.188 e. The van der Waals surface area contributed by atoms with Crippen molar-refractivity contribution in [3.05, 3.63) is 0 Å². The molecule has 0 aromatic rings. The highest BCUT2D eigenvalue weighted by Crippen LogP contribution is 2.31. The average Bonchev–Trinajstić information content (AvgIpc) is 2.45. The Kier molecular flexibility index (Phi) is 1.29. The van der Waals surface area contributed by atoms with Gasteiger partial charge in [0.05, 0.1) is 0 Å². The minimum absolute atomic E-state index is 0.0284. The van der Waals surface area contributed by atoms with E-state index in [0.717, 1.165) is 19.4 Å². The second kappa shape index (κ2) is 1.82. The number of rotatable bonds is 3. The molecular weight excluding hydrogens is 102 g/mol. The van der Waals surface area contributed by atoms with Crippen molar-refractivity contribution in [3.8, 4) is 0 Å². The van der Waals surface area contributed by atoms with Gasteiger partial charge in [-0.25, -0.2) is 0 Å². The van der Waals surface area contributed by atoms with E-state index in [1.54, 1.807) is 0 Å². The zero-order chi connectivity index (χ0) is 6.04. The maximum atomic E-state index is 5.28. The number of nitrogens with zero attached hydrogens (tertiary/aromatic N) is 2. The molecule has 0 spiro atoms. The van der Waals surface area contributed by atoms with Crippen molar-refractivity contribution in [1.29, 1.82) is 0 Å². The molecule has 46 valence electrons. The van der Waals surface area contributed by atoms with Crippen molar-refractivity contribution in [3.63, 3.8) is 0 Å². The van der Waals surface area contributed by atoms with Crippen molar-refractivity contribution in [2.75, 3.05) is 6.54 Å². The fourth-order valence-electron chi connectivity index (χ4n) is 0.622. The van der Waals surface area contributed by atoms with Gasteiger partial charge in [-0.15, -0.1) is 0 Å². The van der Waals surface area contributed by atoms with Crippen LogP contribution in [-0.4, -0.2) is 12.2 Å². The minimum Gasteiger partial charge on any atom is -0.330 e. The summed E-state index contributed by atoms with van der Waals surface area (Å²) in [6.45, 7) is 2.77. The third-order valence-electron chi connectivity index (χ3n) is 1.30. The van der Waals surface area contributed by atoms with E-state index >= 15 is 0 Å². The van der Waals surface area contributed by atoms with Crippen LogP contribution < -0.4 is 5.73 Å². The fourth-order valence-corrected chi connectivity index (χ4v) is 0.622. The third kappa shape index (κ3) is 1.26. The molecular formula is C5H11N3. The Morgan fingerprint density at radius 3 is 2.50 bits per heavy atom. The first-order chi connectivity index (χ1) is 3.77. The van der Waals surface area contributed by atoms with Crippen molar-refractivity contribution >= 4 is 0 Å². The van der Waals surface area contributed by atoms with E-state index in [4.69, 9.17) is 5.73 Å². The third-order valence-corrected chi connectivity index (χ3v) is 1.30. The van der Waals surface area contributed by atoms with Gasteiger partial charge in [0, 0.05) is 0 Å². The van der Waals surface area contributed by atoms with Crippen LogP contribution in [0, 0.1) is 0 Å². The number of nitrogens with two attached hydrogens (primary N) is 1. The summed E-state index contributed by atoms with van der Waals surface area (Å²) in [6.07, 6.45) is 2.05. The summed E-state index contributed by atoms with van der Waals surface area (Å²) < 4.78 is 0. The molecule has 0 saturated carbocycles. The molecule has 0 unspecified atom stereocenters. The molecule has 0 bridgehead atoms. The Labute approximate surface area is 49.0 Å². The van der Waals surface area contributed by atoms with E-state index in [1.165, 1.54) is 0 Å². The second-order valence-corrected chi connectivity index (χ2v) is 2.31. The Morgan fingerprint density at radius 2 is 2.12 bits per heavy atom. The van der Waals surface area contributed by atoms with Gasteiger partial charge >= 0.3 is 0 Å². The molecule has 8 heavy (non-hydrogen) atoms. The summed E-state index contributed by atoms with van der Waals surface area (Å²) in [5.41, 5.74) is 5.25. The molecule has 0 aromatic carbocycles. The van der Waals surface area contributed by atoms with E-state index in [0.29, 0.717) is 0 Å². The van der Waals surface area contributed by atoms with Crippen molar-refractivity contribution in [1.82, 2.24) is 0 Å². The lowest BCUT2D eigenvalue weighted by molar-refractivity contribution is 0.573. The van der Waals surface area contributed by atoms with Crippen LogP contribution in [0.1, 0.15) is 19.8 Å². The smallest absolute Gasteiger partial charge is 0.188 e. The summed E-state index contributed by atoms with van der Waals surface area (Å²) in [5, 5.41) is 7.68. The van der Waals surface area contributed by atoms with Gasteiger partial charge < -0.3 is 5.73 Å². The Morgan fingerprint density at radius 1 is 1.50 bits per heavy atom. The van der Waals surface area contributed by atoms with Gasteiger partial charge in [0.25, 0.3) is 0 Å². The molecule has 0 atom stereocenters. The zero-order valence-corrected chi connectivity index (χ0v) is 5.09. The molecule has 3 nitrogen and oxygen atoms in total. The van der Waals surface area contributed by atoms with Crippen LogP contribution in [0.2, 0.25) is 0 Å². The topological polar surface area (TPSA) is 50.7 Å². The molecule has 1 rings (SSSR count). The molecule has 0 aliphatic carbocycles. The van der Waals surface area contributed by atoms with E-state index in [2.05, 4.69) is 10.2 Å². The highest BCUT2D eigenvalue weighted by molar-refractivity contribution is 4.87. The molecule has 0 aromatic heterocycles. The predicted octanol–water partition coefficient (Wildman–Crippen LogP) is 0.907. The van der Waals surface area contributed by atoms with Gasteiger partial charge in [0.2, 0.25) is 0 Å². The highest BCUT2D eigenvalue weighted by atomic mass is 15.4. The molecule has 1 aliphatic rings. The lowest BCUT2D eigenvalue weighted by Gasteiger charge is -1.98. The van der Waals surface area contributed by atoms with Crippen LogP contribution in [0.5, 0.6) is 0 Å². The van der Waals surface area contributed by atoms with Crippen LogP contribution in [0.3, 0.4) is 0 Å². The maximum absolute atomic E-state index is 5.28. The molecule has 0 amide bonds. The van der Waals surface area contributed by atoms with Crippen LogP contribution in [-0.2, 0) is 0 Å². The van der Waals surface area contributed by atoms with E-state index in [9.17, 15) is 0 Å². The summed E-state index contributed by atoms with van der Waals surface area (Å²) in [5.74, 6) is 0. The SMILES string of the molecule is CC1(CCCN)N=N1. The molecule has 1 heterocycles. The van der Waals surface area contributed by atoms with Gasteiger partial charge in [-0.2, -0.15) is 10.2 Å². The Bertz CT molecular complexity index is 102. The largest absolute Gasteiger partial charge is 0.330 e. The van der Waals surface area contributed by atoms with E-state index < -0.39 is 0 Å². The molecule has 3 heteroatoms. The quantitative estimate of drug-likeness (QED) is 0.581. The van der Waals surface area contributed by atoms with Crippen molar-refractivity contribution < 1.29 is 0 Å². The van der Waals surface area contributed by atoms with Crippen LogP contribution in [0.4, 0.5) is 0 Å². The fraction of sp³-hybridized carbons (Fsp3) is 1.00. The zero-order valence-electron chi connectivity index (χ0n) is 5.09. The monoisotopic (exact) mass is 113 g/mol. The first kappa shape index (κ1) is 5.69. The van der Waals surface area contributed by atoms with Gasteiger partial charge in [-0.05, 0) is 26.3 Å². The minimum atomic E-state index is -0.0284. The highest BCUT2D eigenvalue weighted by Gasteiger charge is 2.32. The summed E-state index contributed by atoms with van der Waals surface area (Å²) in [7, 11) is 0. The Balaban J connectivity index is 2.03. The lowest BCUT2D eigenvalue weighted by Crippen LogP contribution is -2.07. The Hall–Kier alpha value is -0.440. The van der Waals surface area contributed by atoms with E-state index in [-0.39, 0.29) is 5.66 Å².